The summed E-state index contributed by atoms with van der Waals surface area (Å²) in [4.78, 5) is 0. The maximum Gasteiger partial charge on any atom is 0.184 e. The van der Waals surface area contributed by atoms with Crippen LogP contribution in [0, 0.1) is 0 Å². The van der Waals surface area contributed by atoms with E-state index in [2.05, 4.69) is 37.6 Å². The van der Waals surface area contributed by atoms with E-state index in [1.165, 1.54) is 88.3 Å². The lowest BCUT2D eigenvalue weighted by Gasteiger charge is -2.12. The van der Waals surface area contributed by atoms with Gasteiger partial charge in [-0.3, -0.25) is 0 Å². The smallest absolute Gasteiger partial charge is 0.184 e. The number of aryl methyl sites for hydroxylation is 2. The van der Waals surface area contributed by atoms with Crippen molar-refractivity contribution < 1.29 is 9.67 Å². The zero-order valence-corrected chi connectivity index (χ0v) is 17.2. The summed E-state index contributed by atoms with van der Waals surface area (Å²) in [5, 5.41) is 9.54. The predicted molar refractivity (Wildman–Crippen MR) is 108 cm³/mol. The van der Waals surface area contributed by atoms with Gasteiger partial charge >= 0.3 is 0 Å². The monoisotopic (exact) mass is 348 g/mol. The second-order valence-corrected chi connectivity index (χ2v) is 7.46. The lowest BCUT2D eigenvalue weighted by Crippen LogP contribution is -2.41. The largest absolute Gasteiger partial charge is 0.390 e. The van der Waals surface area contributed by atoms with Crippen molar-refractivity contribution in [2.24, 2.45) is 0 Å². The van der Waals surface area contributed by atoms with Crippen molar-refractivity contribution in [3.05, 3.63) is 29.1 Å². The molecule has 0 spiro atoms. The van der Waals surface area contributed by atoms with Crippen LogP contribution in [0.4, 0.5) is 0 Å². The molecular weight excluding hydrogens is 306 g/mol. The van der Waals surface area contributed by atoms with Crippen molar-refractivity contribution >= 4 is 0 Å². The number of unbranched alkanes of at least 4 members (excludes halogenated alkanes) is 7. The highest BCUT2D eigenvalue weighted by molar-refractivity contribution is 5.22. The van der Waals surface area contributed by atoms with Crippen molar-refractivity contribution in [1.29, 1.82) is 0 Å². The lowest BCUT2D eigenvalue weighted by molar-refractivity contribution is -0.706. The third-order valence-corrected chi connectivity index (χ3v) is 5.13. The summed E-state index contributed by atoms with van der Waals surface area (Å²) in [5.74, 6) is 0. The Morgan fingerprint density at radius 1 is 0.760 bits per heavy atom. The van der Waals surface area contributed by atoms with Crippen molar-refractivity contribution in [3.63, 3.8) is 0 Å². The van der Waals surface area contributed by atoms with Gasteiger partial charge < -0.3 is 5.11 Å². The Kier molecular flexibility index (Phi) is 12.7. The second-order valence-electron chi connectivity index (χ2n) is 7.46. The highest BCUT2D eigenvalue weighted by Gasteiger charge is 2.17. The molecule has 1 aromatic rings. The summed E-state index contributed by atoms with van der Waals surface area (Å²) in [6.45, 7) is 7.79. The Bertz CT molecular complexity index is 456. The van der Waals surface area contributed by atoms with Crippen LogP contribution in [0.15, 0.2) is 12.3 Å². The molecule has 0 saturated carbocycles. The standard InChI is InChI=1S/C23H42NO/c1-4-7-10-13-16-23-22(15-12-9-6-3)19-21(14-11-8-5-2)20-24(23)17-18-25/h19-20,25H,4-18H2,1-3H3/q+1. The van der Waals surface area contributed by atoms with Crippen LogP contribution in [0.25, 0.3) is 0 Å². The Labute approximate surface area is 156 Å². The molecule has 0 aliphatic carbocycles. The van der Waals surface area contributed by atoms with Crippen LogP contribution >= 0.6 is 0 Å². The molecule has 144 valence electrons. The van der Waals surface area contributed by atoms with Crippen LogP contribution in [0.5, 0.6) is 0 Å². The molecule has 0 radical (unpaired) electrons. The van der Waals surface area contributed by atoms with E-state index < -0.39 is 0 Å². The normalized spacial score (nSPS) is 11.2. The van der Waals surface area contributed by atoms with Crippen molar-refractivity contribution in [2.75, 3.05) is 6.61 Å². The number of nitrogens with zero attached hydrogens (tertiary/aromatic N) is 1. The number of aliphatic hydroxyl groups excluding tert-OH is 1. The first-order valence-corrected chi connectivity index (χ1v) is 10.9. The van der Waals surface area contributed by atoms with Gasteiger partial charge in [0.15, 0.2) is 18.4 Å². The first kappa shape index (κ1) is 22.2. The minimum atomic E-state index is 0.236. The van der Waals surface area contributed by atoms with Crippen LogP contribution in [-0.4, -0.2) is 11.7 Å². The van der Waals surface area contributed by atoms with E-state index in [9.17, 15) is 5.11 Å². The molecule has 1 heterocycles. The summed E-state index contributed by atoms with van der Waals surface area (Å²) in [5.41, 5.74) is 4.50. The van der Waals surface area contributed by atoms with E-state index in [0.29, 0.717) is 0 Å². The van der Waals surface area contributed by atoms with E-state index in [4.69, 9.17) is 0 Å². The van der Waals surface area contributed by atoms with Gasteiger partial charge in [0.25, 0.3) is 0 Å². The molecule has 25 heavy (non-hydrogen) atoms. The van der Waals surface area contributed by atoms with Crippen molar-refractivity contribution in [1.82, 2.24) is 0 Å². The van der Waals surface area contributed by atoms with E-state index >= 15 is 0 Å². The third-order valence-electron chi connectivity index (χ3n) is 5.13. The van der Waals surface area contributed by atoms with Gasteiger partial charge in [0.2, 0.25) is 0 Å². The molecule has 1 aromatic heterocycles. The SMILES string of the molecule is CCCCCCc1c(CCCCC)cc(CCCCC)c[n+]1CCO. The molecule has 0 aromatic carbocycles. The highest BCUT2D eigenvalue weighted by Crippen LogP contribution is 2.17. The molecule has 0 amide bonds. The van der Waals surface area contributed by atoms with Gasteiger partial charge in [0, 0.05) is 17.5 Å². The second kappa shape index (κ2) is 14.3. The van der Waals surface area contributed by atoms with Gasteiger partial charge in [-0.15, -0.1) is 0 Å². The number of hydrogen-bond acceptors (Lipinski definition) is 1. The van der Waals surface area contributed by atoms with Gasteiger partial charge in [-0.1, -0.05) is 65.7 Å². The number of hydrogen-bond donors (Lipinski definition) is 1. The van der Waals surface area contributed by atoms with E-state index in [1.54, 1.807) is 5.56 Å². The summed E-state index contributed by atoms with van der Waals surface area (Å²) in [6.07, 6.45) is 18.8. The number of pyridine rings is 1. The third kappa shape index (κ3) is 8.85. The molecule has 0 fully saturated rings. The Balaban J connectivity index is 2.95. The fourth-order valence-corrected chi connectivity index (χ4v) is 3.64. The molecule has 0 bridgehead atoms. The highest BCUT2D eigenvalue weighted by atomic mass is 16.3. The Morgan fingerprint density at radius 2 is 1.36 bits per heavy atom. The van der Waals surface area contributed by atoms with Gasteiger partial charge in [-0.2, -0.15) is 4.57 Å². The quantitative estimate of drug-likeness (QED) is 0.326. The lowest BCUT2D eigenvalue weighted by atomic mass is 9.97. The topological polar surface area (TPSA) is 24.1 Å². The summed E-state index contributed by atoms with van der Waals surface area (Å²) in [7, 11) is 0. The first-order valence-electron chi connectivity index (χ1n) is 10.9. The maximum absolute atomic E-state index is 9.54. The molecule has 2 nitrogen and oxygen atoms in total. The number of aliphatic hydroxyl groups is 1. The van der Waals surface area contributed by atoms with E-state index in [-0.39, 0.29) is 6.61 Å². The molecule has 1 rings (SSSR count). The minimum Gasteiger partial charge on any atom is -0.390 e. The molecule has 0 unspecified atom stereocenters. The van der Waals surface area contributed by atoms with Crippen LogP contribution < -0.4 is 4.57 Å². The van der Waals surface area contributed by atoms with E-state index in [0.717, 1.165) is 13.0 Å². The zero-order chi connectivity index (χ0) is 18.3. The molecule has 0 atom stereocenters. The Hall–Kier alpha value is -0.890. The van der Waals surface area contributed by atoms with E-state index in [1.807, 2.05) is 0 Å². The van der Waals surface area contributed by atoms with Crippen LogP contribution in [-0.2, 0) is 25.8 Å². The van der Waals surface area contributed by atoms with Crippen LogP contribution in [0.1, 0.15) is 102 Å². The number of rotatable bonds is 15. The predicted octanol–water partition coefficient (Wildman–Crippen LogP) is 5.55. The summed E-state index contributed by atoms with van der Waals surface area (Å²) < 4.78 is 2.37. The van der Waals surface area contributed by atoms with Crippen molar-refractivity contribution in [2.45, 2.75) is 111 Å². The van der Waals surface area contributed by atoms with Gasteiger partial charge in [-0.25, -0.2) is 0 Å². The molecule has 2 heteroatoms. The molecule has 0 aliphatic rings. The fraction of sp³-hybridized carbons (Fsp3) is 0.783. The summed E-state index contributed by atoms with van der Waals surface area (Å²) >= 11 is 0. The average Bonchev–Trinajstić information content (AvgIpc) is 2.61. The fourth-order valence-electron chi connectivity index (χ4n) is 3.64. The minimum absolute atomic E-state index is 0.236. The van der Waals surface area contributed by atoms with Crippen molar-refractivity contribution in [3.8, 4) is 0 Å². The number of aromatic nitrogens is 1. The van der Waals surface area contributed by atoms with Crippen LogP contribution in [0.3, 0.4) is 0 Å². The Morgan fingerprint density at radius 3 is 2.00 bits per heavy atom. The maximum atomic E-state index is 9.54. The average molecular weight is 349 g/mol. The first-order chi connectivity index (χ1) is 12.3. The molecule has 0 saturated heterocycles. The zero-order valence-electron chi connectivity index (χ0n) is 17.2. The van der Waals surface area contributed by atoms with Gasteiger partial charge in [-0.05, 0) is 38.2 Å². The molecule has 0 aliphatic heterocycles. The van der Waals surface area contributed by atoms with Crippen LogP contribution in [0.2, 0.25) is 0 Å². The molecular formula is C23H42NO+. The van der Waals surface area contributed by atoms with Gasteiger partial charge in [0.05, 0.1) is 0 Å². The van der Waals surface area contributed by atoms with Gasteiger partial charge in [0.1, 0.15) is 6.61 Å². The molecule has 1 N–H and O–H groups in total. The summed E-state index contributed by atoms with van der Waals surface area (Å²) in [6, 6.07) is 2.48.